The molecule has 0 aliphatic carbocycles. The fourth-order valence-electron chi connectivity index (χ4n) is 2.66. The van der Waals surface area contributed by atoms with Gasteiger partial charge in [0.15, 0.2) is 6.10 Å². The molecule has 0 radical (unpaired) electrons. The Hall–Kier alpha value is -1.22. The van der Waals surface area contributed by atoms with Gasteiger partial charge in [-0.2, -0.15) is 0 Å². The second-order valence-electron chi connectivity index (χ2n) is 6.25. The summed E-state index contributed by atoms with van der Waals surface area (Å²) in [6.07, 6.45) is 1.74. The minimum Gasteiger partial charge on any atom is -0.481 e. The van der Waals surface area contributed by atoms with Gasteiger partial charge in [-0.25, -0.2) is 0 Å². The Morgan fingerprint density at radius 2 is 2.20 bits per heavy atom. The van der Waals surface area contributed by atoms with Crippen molar-refractivity contribution < 1.29 is 9.53 Å². The molecule has 0 N–H and O–H groups in total. The minimum absolute atomic E-state index is 0.0535. The molecule has 1 fully saturated rings. The number of nitrogens with zero attached hydrogens (tertiary/aromatic N) is 1. The summed E-state index contributed by atoms with van der Waals surface area (Å²) in [5.41, 5.74) is 0.198. The lowest BCUT2D eigenvalue weighted by Gasteiger charge is -2.39. The van der Waals surface area contributed by atoms with Gasteiger partial charge in [-0.15, -0.1) is 0 Å². The molecule has 1 amide bonds. The predicted molar refractivity (Wildman–Crippen MR) is 81.1 cm³/mol. The zero-order chi connectivity index (χ0) is 14.8. The summed E-state index contributed by atoms with van der Waals surface area (Å²) in [5.74, 6) is 0.687. The summed E-state index contributed by atoms with van der Waals surface area (Å²) in [6.45, 7) is 7.83. The van der Waals surface area contributed by atoms with Crippen molar-refractivity contribution in [1.82, 2.24) is 4.90 Å². The number of halogens is 1. The molecule has 0 unspecified atom stereocenters. The van der Waals surface area contributed by atoms with Crippen LogP contribution in [0.1, 0.15) is 33.6 Å². The van der Waals surface area contributed by atoms with E-state index >= 15 is 0 Å². The van der Waals surface area contributed by atoms with Gasteiger partial charge in [-0.1, -0.05) is 31.5 Å². The third-order valence-corrected chi connectivity index (χ3v) is 3.90. The second-order valence-corrected chi connectivity index (χ2v) is 6.68. The van der Waals surface area contributed by atoms with Gasteiger partial charge in [-0.3, -0.25) is 4.79 Å². The van der Waals surface area contributed by atoms with Crippen LogP contribution >= 0.6 is 11.6 Å². The monoisotopic (exact) mass is 295 g/mol. The van der Waals surface area contributed by atoms with Gasteiger partial charge in [0.05, 0.1) is 0 Å². The maximum Gasteiger partial charge on any atom is 0.263 e. The van der Waals surface area contributed by atoms with Gasteiger partial charge < -0.3 is 9.64 Å². The number of likely N-dealkylation sites (tertiary alicyclic amines) is 1. The number of ether oxygens (including phenoxy) is 1. The Morgan fingerprint density at radius 3 is 2.85 bits per heavy atom. The third-order valence-electron chi connectivity index (χ3n) is 3.67. The lowest BCUT2D eigenvalue weighted by atomic mass is 9.84. The van der Waals surface area contributed by atoms with Crippen molar-refractivity contribution in [3.63, 3.8) is 0 Å². The van der Waals surface area contributed by atoms with Crippen LogP contribution in [0, 0.1) is 5.41 Å². The smallest absolute Gasteiger partial charge is 0.263 e. The molecule has 110 valence electrons. The van der Waals surface area contributed by atoms with E-state index in [9.17, 15) is 4.79 Å². The Morgan fingerprint density at radius 1 is 1.45 bits per heavy atom. The molecule has 1 aliphatic heterocycles. The van der Waals surface area contributed by atoms with Gasteiger partial charge in [0.2, 0.25) is 0 Å². The number of carbonyl (C=O) groups excluding carboxylic acids is 1. The zero-order valence-electron chi connectivity index (χ0n) is 12.4. The van der Waals surface area contributed by atoms with E-state index in [0.29, 0.717) is 10.8 Å². The standard InChI is InChI=1S/C16H22ClNO2/c1-12(20-14-7-4-6-13(17)10-14)15(19)18-9-5-8-16(2,3)11-18/h4,6-7,10,12H,5,8-9,11H2,1-3H3/t12-/m0/s1. The molecule has 1 aromatic rings. The molecule has 1 saturated heterocycles. The SMILES string of the molecule is C[C@H](Oc1cccc(Cl)c1)C(=O)N1CCCC(C)(C)C1. The van der Waals surface area contributed by atoms with Crippen LogP contribution < -0.4 is 4.74 Å². The Bertz CT molecular complexity index is 487. The first kappa shape index (κ1) is 15.2. The molecular weight excluding hydrogens is 274 g/mol. The Labute approximate surface area is 125 Å². The van der Waals surface area contributed by atoms with E-state index in [4.69, 9.17) is 16.3 Å². The molecule has 3 nitrogen and oxygen atoms in total. The zero-order valence-corrected chi connectivity index (χ0v) is 13.1. The minimum atomic E-state index is -0.484. The van der Waals surface area contributed by atoms with Crippen molar-refractivity contribution in [2.45, 2.75) is 39.7 Å². The number of hydrogen-bond donors (Lipinski definition) is 0. The number of rotatable bonds is 3. The van der Waals surface area contributed by atoms with Crippen LogP contribution in [0.25, 0.3) is 0 Å². The highest BCUT2D eigenvalue weighted by Gasteiger charge is 2.31. The molecule has 2 rings (SSSR count). The summed E-state index contributed by atoms with van der Waals surface area (Å²) in [4.78, 5) is 14.4. The van der Waals surface area contributed by atoms with E-state index in [1.165, 1.54) is 6.42 Å². The van der Waals surface area contributed by atoms with E-state index < -0.39 is 6.10 Å². The van der Waals surface area contributed by atoms with Gasteiger partial charge >= 0.3 is 0 Å². The number of carbonyl (C=O) groups is 1. The highest BCUT2D eigenvalue weighted by molar-refractivity contribution is 6.30. The summed E-state index contributed by atoms with van der Waals surface area (Å²) in [6, 6.07) is 7.15. The second kappa shape index (κ2) is 6.04. The summed E-state index contributed by atoms with van der Waals surface area (Å²) in [7, 11) is 0. The molecule has 1 aromatic carbocycles. The maximum atomic E-state index is 12.4. The lowest BCUT2D eigenvalue weighted by Crippen LogP contribution is -2.48. The van der Waals surface area contributed by atoms with Crippen LogP contribution in [-0.4, -0.2) is 30.0 Å². The van der Waals surface area contributed by atoms with Gasteiger partial charge in [0, 0.05) is 18.1 Å². The molecular formula is C16H22ClNO2. The largest absolute Gasteiger partial charge is 0.481 e. The van der Waals surface area contributed by atoms with Crippen LogP contribution in [0.3, 0.4) is 0 Å². The topological polar surface area (TPSA) is 29.5 Å². The van der Waals surface area contributed by atoms with Crippen LogP contribution in [0.5, 0.6) is 5.75 Å². The van der Waals surface area contributed by atoms with E-state index in [-0.39, 0.29) is 11.3 Å². The fourth-order valence-corrected chi connectivity index (χ4v) is 2.84. The van der Waals surface area contributed by atoms with Crippen molar-refractivity contribution in [2.24, 2.45) is 5.41 Å². The quantitative estimate of drug-likeness (QED) is 0.850. The van der Waals surface area contributed by atoms with Gasteiger partial charge in [0.1, 0.15) is 5.75 Å². The van der Waals surface area contributed by atoms with E-state index in [0.717, 1.165) is 19.5 Å². The average molecular weight is 296 g/mol. The van der Waals surface area contributed by atoms with E-state index in [1.54, 1.807) is 19.1 Å². The Kier molecular flexibility index (Phi) is 4.59. The first-order valence-corrected chi connectivity index (χ1v) is 7.46. The van der Waals surface area contributed by atoms with Crippen LogP contribution in [0.4, 0.5) is 0 Å². The van der Waals surface area contributed by atoms with Crippen molar-refractivity contribution in [3.8, 4) is 5.75 Å². The predicted octanol–water partition coefficient (Wildman–Crippen LogP) is 3.76. The van der Waals surface area contributed by atoms with Crippen molar-refractivity contribution >= 4 is 17.5 Å². The maximum absolute atomic E-state index is 12.4. The molecule has 0 bridgehead atoms. The highest BCUT2D eigenvalue weighted by atomic mass is 35.5. The Balaban J connectivity index is 1.98. The molecule has 0 spiro atoms. The van der Waals surface area contributed by atoms with Crippen molar-refractivity contribution in [3.05, 3.63) is 29.3 Å². The molecule has 4 heteroatoms. The summed E-state index contributed by atoms with van der Waals surface area (Å²) in [5, 5.41) is 0.612. The average Bonchev–Trinajstić information content (AvgIpc) is 2.36. The van der Waals surface area contributed by atoms with E-state index in [1.807, 2.05) is 17.0 Å². The lowest BCUT2D eigenvalue weighted by molar-refractivity contribution is -0.141. The van der Waals surface area contributed by atoms with E-state index in [2.05, 4.69) is 13.8 Å². The first-order valence-electron chi connectivity index (χ1n) is 7.08. The molecule has 0 saturated carbocycles. The number of benzene rings is 1. The highest BCUT2D eigenvalue weighted by Crippen LogP contribution is 2.29. The fraction of sp³-hybridized carbons (Fsp3) is 0.562. The number of piperidine rings is 1. The van der Waals surface area contributed by atoms with Crippen LogP contribution in [0.2, 0.25) is 5.02 Å². The van der Waals surface area contributed by atoms with Gasteiger partial charge in [0.25, 0.3) is 5.91 Å². The van der Waals surface area contributed by atoms with Gasteiger partial charge in [-0.05, 0) is 43.4 Å². The molecule has 0 aromatic heterocycles. The molecule has 1 aliphatic rings. The van der Waals surface area contributed by atoms with Crippen LogP contribution in [-0.2, 0) is 4.79 Å². The van der Waals surface area contributed by atoms with Crippen LogP contribution in [0.15, 0.2) is 24.3 Å². The first-order chi connectivity index (χ1) is 9.37. The molecule has 1 heterocycles. The van der Waals surface area contributed by atoms with Crippen molar-refractivity contribution in [2.75, 3.05) is 13.1 Å². The van der Waals surface area contributed by atoms with Crippen molar-refractivity contribution in [1.29, 1.82) is 0 Å². The summed E-state index contributed by atoms with van der Waals surface area (Å²) < 4.78 is 5.70. The number of amides is 1. The normalized spacial score (nSPS) is 19.5. The number of hydrogen-bond acceptors (Lipinski definition) is 2. The third kappa shape index (κ3) is 3.89. The summed E-state index contributed by atoms with van der Waals surface area (Å²) >= 11 is 5.92. The molecule has 1 atom stereocenters. The molecule has 20 heavy (non-hydrogen) atoms.